The fraction of sp³-hybridized carbons (Fsp3) is 0.500. The smallest absolute Gasteiger partial charge is 0.121 e. The molecule has 1 aromatic carbocycles. The van der Waals surface area contributed by atoms with Crippen molar-refractivity contribution in [1.82, 2.24) is 0 Å². The van der Waals surface area contributed by atoms with Crippen molar-refractivity contribution in [2.24, 2.45) is 0 Å². The second kappa shape index (κ2) is 5.07. The Morgan fingerprint density at radius 2 is 2.38 bits per heavy atom. The second-order valence-electron chi connectivity index (χ2n) is 4.01. The van der Waals surface area contributed by atoms with E-state index >= 15 is 0 Å². The van der Waals surface area contributed by atoms with Crippen LogP contribution >= 0.6 is 0 Å². The molecule has 0 aromatic heterocycles. The summed E-state index contributed by atoms with van der Waals surface area (Å²) in [6.45, 7) is 1.63. The average molecular weight is 222 g/mol. The van der Waals surface area contributed by atoms with Gasteiger partial charge in [-0.3, -0.25) is 0 Å². The molecule has 3 N–H and O–H groups in total. The number of nitrogens with one attached hydrogen (secondary N) is 1. The van der Waals surface area contributed by atoms with E-state index in [0.717, 1.165) is 37.5 Å². The molecule has 0 radical (unpaired) electrons. The molecule has 0 bridgehead atoms. The second-order valence-corrected chi connectivity index (χ2v) is 4.01. The highest BCUT2D eigenvalue weighted by molar-refractivity contribution is 5.68. The highest BCUT2D eigenvalue weighted by atomic mass is 16.5. The number of ether oxygens (including phenoxy) is 2. The Labute approximate surface area is 95.7 Å². The number of benzene rings is 1. The van der Waals surface area contributed by atoms with E-state index in [2.05, 4.69) is 5.32 Å². The van der Waals surface area contributed by atoms with Crippen LogP contribution < -0.4 is 15.8 Å². The number of methoxy groups -OCH3 is 1. The average Bonchev–Trinajstić information content (AvgIpc) is 2.33. The van der Waals surface area contributed by atoms with E-state index in [4.69, 9.17) is 15.2 Å². The molecule has 2 rings (SSSR count). The van der Waals surface area contributed by atoms with Crippen LogP contribution in [-0.4, -0.2) is 26.4 Å². The van der Waals surface area contributed by atoms with Crippen molar-refractivity contribution in [3.05, 3.63) is 18.2 Å². The van der Waals surface area contributed by atoms with Gasteiger partial charge in [0.25, 0.3) is 0 Å². The van der Waals surface area contributed by atoms with E-state index in [1.165, 1.54) is 0 Å². The number of anilines is 2. The van der Waals surface area contributed by atoms with Crippen LogP contribution in [0.15, 0.2) is 18.2 Å². The molecule has 1 aromatic rings. The molecule has 16 heavy (non-hydrogen) atoms. The zero-order chi connectivity index (χ0) is 11.4. The van der Waals surface area contributed by atoms with Crippen molar-refractivity contribution < 1.29 is 9.47 Å². The lowest BCUT2D eigenvalue weighted by Gasteiger charge is -2.24. The third-order valence-corrected chi connectivity index (χ3v) is 2.78. The van der Waals surface area contributed by atoms with Crippen molar-refractivity contribution in [2.45, 2.75) is 18.9 Å². The van der Waals surface area contributed by atoms with Gasteiger partial charge in [0.2, 0.25) is 0 Å². The molecule has 88 valence electrons. The Morgan fingerprint density at radius 1 is 1.50 bits per heavy atom. The van der Waals surface area contributed by atoms with E-state index in [9.17, 15) is 0 Å². The van der Waals surface area contributed by atoms with Crippen LogP contribution in [0.1, 0.15) is 12.8 Å². The highest BCUT2D eigenvalue weighted by Gasteiger charge is 2.14. The number of nitrogen functional groups attached to an aromatic ring is 1. The molecule has 1 saturated heterocycles. The molecule has 0 saturated carbocycles. The normalized spacial score (nSPS) is 20.4. The topological polar surface area (TPSA) is 56.5 Å². The number of rotatable bonds is 3. The van der Waals surface area contributed by atoms with Gasteiger partial charge in [0.15, 0.2) is 0 Å². The molecular formula is C12H18N2O2. The van der Waals surface area contributed by atoms with Crippen LogP contribution in [0.4, 0.5) is 11.4 Å². The Balaban J connectivity index is 2.03. The molecular weight excluding hydrogens is 204 g/mol. The highest BCUT2D eigenvalue weighted by Crippen LogP contribution is 2.25. The van der Waals surface area contributed by atoms with Gasteiger partial charge >= 0.3 is 0 Å². The number of hydrogen-bond donors (Lipinski definition) is 2. The van der Waals surface area contributed by atoms with E-state index in [1.54, 1.807) is 7.11 Å². The molecule has 4 nitrogen and oxygen atoms in total. The van der Waals surface area contributed by atoms with Crippen LogP contribution in [0.5, 0.6) is 5.75 Å². The predicted molar refractivity (Wildman–Crippen MR) is 64.9 cm³/mol. The predicted octanol–water partition coefficient (Wildman–Crippen LogP) is 1.87. The maximum absolute atomic E-state index is 5.93. The molecule has 1 heterocycles. The van der Waals surface area contributed by atoms with Crippen molar-refractivity contribution in [3.63, 3.8) is 0 Å². The van der Waals surface area contributed by atoms with Gasteiger partial charge in [0.05, 0.1) is 25.1 Å². The van der Waals surface area contributed by atoms with Gasteiger partial charge < -0.3 is 20.5 Å². The van der Waals surface area contributed by atoms with Crippen LogP contribution in [0.25, 0.3) is 0 Å². The monoisotopic (exact) mass is 222 g/mol. The zero-order valence-corrected chi connectivity index (χ0v) is 9.53. The number of nitrogens with two attached hydrogens (primary N) is 1. The SMILES string of the molecule is COc1ccc(NC2CCCOC2)c(N)c1. The molecule has 0 aliphatic carbocycles. The molecule has 1 unspecified atom stereocenters. The fourth-order valence-corrected chi connectivity index (χ4v) is 1.87. The summed E-state index contributed by atoms with van der Waals surface area (Å²) in [4.78, 5) is 0. The summed E-state index contributed by atoms with van der Waals surface area (Å²) < 4.78 is 10.5. The van der Waals surface area contributed by atoms with Gasteiger partial charge in [-0.1, -0.05) is 0 Å². The van der Waals surface area contributed by atoms with Gasteiger partial charge in [-0.05, 0) is 25.0 Å². The first-order chi connectivity index (χ1) is 7.79. The minimum absolute atomic E-state index is 0.365. The summed E-state index contributed by atoms with van der Waals surface area (Å²) >= 11 is 0. The quantitative estimate of drug-likeness (QED) is 0.766. The van der Waals surface area contributed by atoms with Crippen LogP contribution in [-0.2, 0) is 4.74 Å². The lowest BCUT2D eigenvalue weighted by atomic mass is 10.1. The van der Waals surface area contributed by atoms with Crippen molar-refractivity contribution in [1.29, 1.82) is 0 Å². The Bertz CT molecular complexity index is 349. The Hall–Kier alpha value is -1.42. The molecule has 1 aliphatic rings. The van der Waals surface area contributed by atoms with Crippen molar-refractivity contribution in [2.75, 3.05) is 31.4 Å². The minimum Gasteiger partial charge on any atom is -0.497 e. The first kappa shape index (κ1) is 11.1. The van der Waals surface area contributed by atoms with E-state index < -0.39 is 0 Å². The largest absolute Gasteiger partial charge is 0.497 e. The lowest BCUT2D eigenvalue weighted by Crippen LogP contribution is -2.30. The third-order valence-electron chi connectivity index (χ3n) is 2.78. The molecule has 4 heteroatoms. The van der Waals surface area contributed by atoms with Gasteiger partial charge in [-0.15, -0.1) is 0 Å². The van der Waals surface area contributed by atoms with Crippen LogP contribution in [0.2, 0.25) is 0 Å². The van der Waals surface area contributed by atoms with E-state index in [0.29, 0.717) is 11.7 Å². The Kier molecular flexibility index (Phi) is 3.51. The van der Waals surface area contributed by atoms with Crippen LogP contribution in [0, 0.1) is 0 Å². The summed E-state index contributed by atoms with van der Waals surface area (Å²) in [6, 6.07) is 6.04. The number of hydrogen-bond acceptors (Lipinski definition) is 4. The molecule has 1 aliphatic heterocycles. The summed E-state index contributed by atoms with van der Waals surface area (Å²) in [7, 11) is 1.64. The Morgan fingerprint density at radius 3 is 3.00 bits per heavy atom. The summed E-state index contributed by atoms with van der Waals surface area (Å²) in [5, 5.41) is 3.39. The fourth-order valence-electron chi connectivity index (χ4n) is 1.87. The van der Waals surface area contributed by atoms with Gasteiger partial charge in [0, 0.05) is 18.7 Å². The standard InChI is InChI=1S/C12H18N2O2/c1-15-10-4-5-12(11(13)7-10)14-9-3-2-6-16-8-9/h4-5,7,9,14H,2-3,6,8,13H2,1H3. The minimum atomic E-state index is 0.365. The molecule has 0 spiro atoms. The molecule has 1 atom stereocenters. The van der Waals surface area contributed by atoms with Crippen molar-refractivity contribution in [3.8, 4) is 5.75 Å². The van der Waals surface area contributed by atoms with Crippen molar-refractivity contribution >= 4 is 11.4 Å². The molecule has 1 fully saturated rings. The lowest BCUT2D eigenvalue weighted by molar-refractivity contribution is 0.0876. The summed E-state index contributed by atoms with van der Waals surface area (Å²) in [5.41, 5.74) is 7.60. The summed E-state index contributed by atoms with van der Waals surface area (Å²) in [6.07, 6.45) is 2.24. The van der Waals surface area contributed by atoms with Gasteiger partial charge in [-0.2, -0.15) is 0 Å². The molecule has 0 amide bonds. The third kappa shape index (κ3) is 2.58. The summed E-state index contributed by atoms with van der Waals surface area (Å²) in [5.74, 6) is 0.781. The maximum atomic E-state index is 5.93. The van der Waals surface area contributed by atoms with Gasteiger partial charge in [0.1, 0.15) is 5.75 Å². The maximum Gasteiger partial charge on any atom is 0.121 e. The van der Waals surface area contributed by atoms with E-state index in [-0.39, 0.29) is 0 Å². The van der Waals surface area contributed by atoms with Gasteiger partial charge in [-0.25, -0.2) is 0 Å². The van der Waals surface area contributed by atoms with Crippen LogP contribution in [0.3, 0.4) is 0 Å². The first-order valence-electron chi connectivity index (χ1n) is 5.57. The first-order valence-corrected chi connectivity index (χ1v) is 5.57. The van der Waals surface area contributed by atoms with E-state index in [1.807, 2.05) is 18.2 Å². The zero-order valence-electron chi connectivity index (χ0n) is 9.53.